The van der Waals surface area contributed by atoms with Crippen molar-refractivity contribution < 1.29 is 14.3 Å². The number of nitrogens with one attached hydrogen (secondary N) is 1. The lowest BCUT2D eigenvalue weighted by atomic mass is 10.4. The summed E-state index contributed by atoms with van der Waals surface area (Å²) in [6, 6.07) is 1.53. The summed E-state index contributed by atoms with van der Waals surface area (Å²) < 4.78 is 9.78. The van der Waals surface area contributed by atoms with Crippen LogP contribution in [-0.4, -0.2) is 29.9 Å². The lowest BCUT2D eigenvalue weighted by molar-refractivity contribution is 0.0594. The van der Waals surface area contributed by atoms with Gasteiger partial charge in [0, 0.05) is 6.07 Å². The molecule has 1 N–H and O–H groups in total. The van der Waals surface area contributed by atoms with Gasteiger partial charge in [-0.05, 0) is 6.42 Å². The molecule has 0 aliphatic rings. The number of ether oxygens (including phenoxy) is 2. The van der Waals surface area contributed by atoms with Gasteiger partial charge in [0.1, 0.15) is 5.69 Å². The van der Waals surface area contributed by atoms with Gasteiger partial charge in [-0.15, -0.1) is 5.10 Å². The summed E-state index contributed by atoms with van der Waals surface area (Å²) in [6.07, 6.45) is 2.04. The van der Waals surface area contributed by atoms with Gasteiger partial charge in [0.05, 0.1) is 13.7 Å². The third-order valence-corrected chi connectivity index (χ3v) is 1.71. The highest BCUT2D eigenvalue weighted by Crippen LogP contribution is 2.09. The Morgan fingerprint density at radius 1 is 1.64 bits per heavy atom. The topological polar surface area (TPSA) is 64.2 Å². The van der Waals surface area contributed by atoms with Crippen LogP contribution < -0.4 is 4.74 Å². The molecule has 0 bridgehead atoms. The maximum Gasteiger partial charge on any atom is 0.356 e. The zero-order chi connectivity index (χ0) is 10.4. The van der Waals surface area contributed by atoms with E-state index in [1.165, 1.54) is 13.2 Å². The van der Waals surface area contributed by atoms with Crippen molar-refractivity contribution in [3.8, 4) is 5.88 Å². The number of hydrogen-bond acceptors (Lipinski definition) is 4. The lowest BCUT2D eigenvalue weighted by Gasteiger charge is -1.98. The molecule has 78 valence electrons. The van der Waals surface area contributed by atoms with Crippen LogP contribution in [0.25, 0.3) is 0 Å². The number of H-pyrrole nitrogens is 1. The fourth-order valence-corrected chi connectivity index (χ4v) is 0.913. The normalized spacial score (nSPS) is 9.86. The van der Waals surface area contributed by atoms with E-state index in [2.05, 4.69) is 21.9 Å². The molecule has 0 aliphatic heterocycles. The summed E-state index contributed by atoms with van der Waals surface area (Å²) in [6.45, 7) is 2.69. The monoisotopic (exact) mass is 198 g/mol. The maximum absolute atomic E-state index is 11.0. The number of carbonyl (C=O) groups excluding carboxylic acids is 1. The Bertz CT molecular complexity index is 296. The molecular weight excluding hydrogens is 184 g/mol. The van der Waals surface area contributed by atoms with Gasteiger partial charge >= 0.3 is 5.97 Å². The van der Waals surface area contributed by atoms with Crippen LogP contribution >= 0.6 is 0 Å². The molecule has 1 rings (SSSR count). The molecule has 0 unspecified atom stereocenters. The Balaban J connectivity index is 2.46. The van der Waals surface area contributed by atoms with Crippen LogP contribution in [-0.2, 0) is 4.74 Å². The number of aromatic amines is 1. The second kappa shape index (κ2) is 5.26. The van der Waals surface area contributed by atoms with E-state index in [4.69, 9.17) is 4.74 Å². The van der Waals surface area contributed by atoms with E-state index >= 15 is 0 Å². The highest BCUT2D eigenvalue weighted by molar-refractivity contribution is 5.87. The lowest BCUT2D eigenvalue weighted by Crippen LogP contribution is -2.00. The van der Waals surface area contributed by atoms with Gasteiger partial charge in [-0.1, -0.05) is 13.3 Å². The number of unbranched alkanes of at least 4 members (excludes halogenated alkanes) is 1. The Hall–Kier alpha value is -1.52. The van der Waals surface area contributed by atoms with E-state index in [1.54, 1.807) is 0 Å². The second-order valence-corrected chi connectivity index (χ2v) is 2.81. The van der Waals surface area contributed by atoms with Crippen LogP contribution in [0.4, 0.5) is 0 Å². The predicted octanol–water partition coefficient (Wildman–Crippen LogP) is 1.38. The quantitative estimate of drug-likeness (QED) is 0.573. The number of rotatable bonds is 5. The largest absolute Gasteiger partial charge is 0.477 e. The zero-order valence-electron chi connectivity index (χ0n) is 8.37. The van der Waals surface area contributed by atoms with Crippen molar-refractivity contribution in [1.29, 1.82) is 0 Å². The average molecular weight is 198 g/mol. The van der Waals surface area contributed by atoms with E-state index in [0.29, 0.717) is 18.2 Å². The highest BCUT2D eigenvalue weighted by atomic mass is 16.5. The molecule has 0 aromatic carbocycles. The molecule has 0 amide bonds. The van der Waals surface area contributed by atoms with Gasteiger partial charge < -0.3 is 9.47 Å². The molecule has 1 heterocycles. The number of esters is 1. The Morgan fingerprint density at radius 3 is 3.07 bits per heavy atom. The molecule has 14 heavy (non-hydrogen) atoms. The molecule has 0 spiro atoms. The van der Waals surface area contributed by atoms with Gasteiger partial charge in [0.25, 0.3) is 0 Å². The molecule has 0 radical (unpaired) electrons. The van der Waals surface area contributed by atoms with Crippen molar-refractivity contribution >= 4 is 5.97 Å². The molecule has 1 aromatic heterocycles. The van der Waals surface area contributed by atoms with Crippen LogP contribution in [0.15, 0.2) is 6.07 Å². The van der Waals surface area contributed by atoms with Crippen LogP contribution in [0.1, 0.15) is 30.3 Å². The smallest absolute Gasteiger partial charge is 0.356 e. The number of carbonyl (C=O) groups is 1. The van der Waals surface area contributed by atoms with Gasteiger partial charge in [0.15, 0.2) is 0 Å². The predicted molar refractivity (Wildman–Crippen MR) is 50.3 cm³/mol. The standard InChI is InChI=1S/C9H14N2O3/c1-3-4-5-14-8-6-7(10-11-8)9(12)13-2/h6H,3-5H2,1-2H3,(H,10,11). The third kappa shape index (κ3) is 2.76. The summed E-state index contributed by atoms with van der Waals surface area (Å²) in [5.41, 5.74) is 0.305. The number of aromatic nitrogens is 2. The second-order valence-electron chi connectivity index (χ2n) is 2.81. The highest BCUT2D eigenvalue weighted by Gasteiger charge is 2.09. The van der Waals surface area contributed by atoms with Crippen LogP contribution in [0.3, 0.4) is 0 Å². The average Bonchev–Trinajstić information content (AvgIpc) is 2.66. The minimum Gasteiger partial charge on any atom is -0.477 e. The van der Waals surface area contributed by atoms with Gasteiger partial charge in [-0.3, -0.25) is 5.10 Å². The summed E-state index contributed by atoms with van der Waals surface area (Å²) in [5.74, 6) is -0.0123. The van der Waals surface area contributed by atoms with Crippen LogP contribution in [0.5, 0.6) is 5.88 Å². The van der Waals surface area contributed by atoms with Crippen molar-refractivity contribution in [1.82, 2.24) is 10.2 Å². The molecule has 0 fully saturated rings. The minimum atomic E-state index is -0.442. The third-order valence-electron chi connectivity index (χ3n) is 1.71. The summed E-state index contributed by atoms with van der Waals surface area (Å²) >= 11 is 0. The molecule has 5 heteroatoms. The van der Waals surface area contributed by atoms with Crippen LogP contribution in [0, 0.1) is 0 Å². The molecule has 5 nitrogen and oxygen atoms in total. The van der Waals surface area contributed by atoms with Gasteiger partial charge in [0.2, 0.25) is 5.88 Å². The van der Waals surface area contributed by atoms with E-state index in [0.717, 1.165) is 12.8 Å². The first-order valence-electron chi connectivity index (χ1n) is 4.54. The number of hydrogen-bond donors (Lipinski definition) is 1. The van der Waals surface area contributed by atoms with Crippen molar-refractivity contribution in [3.63, 3.8) is 0 Å². The summed E-state index contributed by atoms with van der Waals surface area (Å²) in [4.78, 5) is 11.0. The fraction of sp³-hybridized carbons (Fsp3) is 0.556. The number of methoxy groups -OCH3 is 1. The Labute approximate surface area is 82.4 Å². The first kappa shape index (κ1) is 10.6. The Kier molecular flexibility index (Phi) is 3.97. The first-order valence-corrected chi connectivity index (χ1v) is 4.54. The van der Waals surface area contributed by atoms with E-state index in [-0.39, 0.29) is 0 Å². The molecule has 1 aromatic rings. The fourth-order valence-electron chi connectivity index (χ4n) is 0.913. The van der Waals surface area contributed by atoms with Crippen molar-refractivity contribution in [2.45, 2.75) is 19.8 Å². The molecule has 0 saturated heterocycles. The molecule has 0 aliphatic carbocycles. The first-order chi connectivity index (χ1) is 6.77. The van der Waals surface area contributed by atoms with Crippen LogP contribution in [0.2, 0.25) is 0 Å². The van der Waals surface area contributed by atoms with E-state index in [1.807, 2.05) is 0 Å². The van der Waals surface area contributed by atoms with Gasteiger partial charge in [-0.25, -0.2) is 4.79 Å². The maximum atomic E-state index is 11.0. The van der Waals surface area contributed by atoms with Crippen molar-refractivity contribution in [2.24, 2.45) is 0 Å². The van der Waals surface area contributed by atoms with E-state index < -0.39 is 5.97 Å². The zero-order valence-corrected chi connectivity index (χ0v) is 8.37. The van der Waals surface area contributed by atoms with Gasteiger partial charge in [-0.2, -0.15) is 0 Å². The summed E-state index contributed by atoms with van der Waals surface area (Å²) in [7, 11) is 1.32. The van der Waals surface area contributed by atoms with E-state index in [9.17, 15) is 4.79 Å². The summed E-state index contributed by atoms with van der Waals surface area (Å²) in [5, 5.41) is 6.34. The van der Waals surface area contributed by atoms with Crippen molar-refractivity contribution in [2.75, 3.05) is 13.7 Å². The molecular formula is C9H14N2O3. The SMILES string of the molecule is CCCCOc1cc(C(=O)OC)[nH]n1. The minimum absolute atomic E-state index is 0.305. The Morgan fingerprint density at radius 2 is 2.43 bits per heavy atom. The molecule has 0 atom stereocenters. The molecule has 0 saturated carbocycles. The van der Waals surface area contributed by atoms with Crippen molar-refractivity contribution in [3.05, 3.63) is 11.8 Å². The number of nitrogens with zero attached hydrogens (tertiary/aromatic N) is 1.